The van der Waals surface area contributed by atoms with Crippen molar-refractivity contribution in [3.05, 3.63) is 47.0 Å². The van der Waals surface area contributed by atoms with Crippen molar-refractivity contribution < 1.29 is 29.0 Å². The summed E-state index contributed by atoms with van der Waals surface area (Å²) < 4.78 is 10.1. The Morgan fingerprint density at radius 1 is 1.07 bits per heavy atom. The van der Waals surface area contributed by atoms with E-state index in [1.807, 2.05) is 7.05 Å². The fraction of sp³-hybridized carbons (Fsp3) is 0.476. The van der Waals surface area contributed by atoms with Gasteiger partial charge in [-0.05, 0) is 44.1 Å². The number of hydrogen-bond donors (Lipinski definition) is 3. The highest BCUT2D eigenvalue weighted by Crippen LogP contribution is 2.15. The van der Waals surface area contributed by atoms with Crippen molar-refractivity contribution in [3.8, 4) is 0 Å². The van der Waals surface area contributed by atoms with Gasteiger partial charge in [0.25, 0.3) is 5.91 Å². The van der Waals surface area contributed by atoms with Gasteiger partial charge >= 0.3 is 11.9 Å². The number of rotatable bonds is 14. The van der Waals surface area contributed by atoms with Crippen LogP contribution in [0.2, 0.25) is 0 Å². The van der Waals surface area contributed by atoms with Gasteiger partial charge < -0.3 is 25.2 Å². The minimum atomic E-state index is -1.25. The standard InChI is InChI=1S/C21H30N2O6/c1-15(20(25)26)13-29-21(27)18-12-16(14-28-3)8-9-17(18)19(24)23-11-7-5-4-6-10-22-2/h8-9,12,22H,1,4-7,10-11,13-14H2,2-3H3,(H,23,24)(H,25,26). The molecule has 1 aromatic carbocycles. The van der Waals surface area contributed by atoms with E-state index >= 15 is 0 Å². The van der Waals surface area contributed by atoms with Gasteiger partial charge in [0.1, 0.15) is 6.61 Å². The Labute approximate surface area is 171 Å². The first-order chi connectivity index (χ1) is 13.9. The number of ether oxygens (including phenoxy) is 2. The average Bonchev–Trinajstić information content (AvgIpc) is 2.71. The fourth-order valence-electron chi connectivity index (χ4n) is 2.58. The number of aliphatic carboxylic acids is 1. The number of carboxylic acid groups (broad SMARTS) is 1. The number of hydrogen-bond acceptors (Lipinski definition) is 6. The molecule has 0 heterocycles. The molecule has 0 aromatic heterocycles. The normalized spacial score (nSPS) is 10.4. The van der Waals surface area contributed by atoms with Crippen LogP contribution in [0.1, 0.15) is 52.0 Å². The van der Waals surface area contributed by atoms with Crippen LogP contribution in [0.4, 0.5) is 0 Å². The van der Waals surface area contributed by atoms with Crippen molar-refractivity contribution in [2.45, 2.75) is 32.3 Å². The van der Waals surface area contributed by atoms with Crippen LogP contribution in [0.3, 0.4) is 0 Å². The zero-order chi connectivity index (χ0) is 21.6. The predicted molar refractivity (Wildman–Crippen MR) is 109 cm³/mol. The van der Waals surface area contributed by atoms with E-state index < -0.39 is 18.5 Å². The summed E-state index contributed by atoms with van der Waals surface area (Å²) in [5, 5.41) is 14.7. The summed E-state index contributed by atoms with van der Waals surface area (Å²) in [4.78, 5) is 35.8. The lowest BCUT2D eigenvalue weighted by Crippen LogP contribution is -2.27. The maximum atomic E-state index is 12.5. The summed E-state index contributed by atoms with van der Waals surface area (Å²) in [7, 11) is 3.43. The van der Waals surface area contributed by atoms with Gasteiger partial charge in [-0.1, -0.05) is 25.5 Å². The average molecular weight is 406 g/mol. The van der Waals surface area contributed by atoms with Crippen molar-refractivity contribution in [2.24, 2.45) is 0 Å². The fourth-order valence-corrected chi connectivity index (χ4v) is 2.58. The van der Waals surface area contributed by atoms with Crippen LogP contribution in [0, 0.1) is 0 Å². The second-order valence-electron chi connectivity index (χ2n) is 6.57. The molecule has 29 heavy (non-hydrogen) atoms. The number of methoxy groups -OCH3 is 1. The molecule has 0 saturated carbocycles. The van der Waals surface area contributed by atoms with Gasteiger partial charge in [0.05, 0.1) is 23.3 Å². The topological polar surface area (TPSA) is 114 Å². The molecular formula is C21H30N2O6. The Kier molecular flexibility index (Phi) is 11.3. The van der Waals surface area contributed by atoms with Gasteiger partial charge in [0, 0.05) is 13.7 Å². The van der Waals surface area contributed by atoms with Crippen LogP contribution in [-0.2, 0) is 20.9 Å². The van der Waals surface area contributed by atoms with Crippen LogP contribution in [0.25, 0.3) is 0 Å². The lowest BCUT2D eigenvalue weighted by molar-refractivity contribution is -0.133. The molecule has 0 unspecified atom stereocenters. The maximum absolute atomic E-state index is 12.5. The number of carboxylic acids is 1. The highest BCUT2D eigenvalue weighted by atomic mass is 16.5. The Morgan fingerprint density at radius 3 is 2.38 bits per heavy atom. The first kappa shape index (κ1) is 24.3. The number of nitrogens with one attached hydrogen (secondary N) is 2. The van der Waals surface area contributed by atoms with Crippen LogP contribution in [0.5, 0.6) is 0 Å². The van der Waals surface area contributed by atoms with Crippen molar-refractivity contribution in [2.75, 3.05) is 33.9 Å². The SMILES string of the molecule is C=C(COC(=O)c1cc(COC)ccc1C(=O)NCCCCCCNC)C(=O)O. The molecule has 0 aliphatic rings. The lowest BCUT2D eigenvalue weighted by Gasteiger charge is -2.12. The number of carbonyl (C=O) groups is 3. The number of amides is 1. The monoisotopic (exact) mass is 406 g/mol. The minimum absolute atomic E-state index is 0.0595. The van der Waals surface area contributed by atoms with Gasteiger partial charge in [-0.15, -0.1) is 0 Å². The molecule has 3 N–H and O–H groups in total. The minimum Gasteiger partial charge on any atom is -0.478 e. The molecule has 8 heteroatoms. The Bertz CT molecular complexity index is 717. The summed E-state index contributed by atoms with van der Waals surface area (Å²) in [5.41, 5.74) is 0.670. The zero-order valence-electron chi connectivity index (χ0n) is 17.1. The van der Waals surface area contributed by atoms with Gasteiger partial charge in [-0.3, -0.25) is 4.79 Å². The van der Waals surface area contributed by atoms with E-state index in [1.165, 1.54) is 13.2 Å². The second kappa shape index (κ2) is 13.5. The van der Waals surface area contributed by atoms with E-state index in [0.717, 1.165) is 32.2 Å². The summed E-state index contributed by atoms with van der Waals surface area (Å²) in [6.45, 7) is 4.59. The molecule has 0 aliphatic heterocycles. The highest BCUT2D eigenvalue weighted by molar-refractivity contribution is 6.05. The third kappa shape index (κ3) is 8.89. The van der Waals surface area contributed by atoms with E-state index in [-0.39, 0.29) is 29.2 Å². The third-order valence-electron chi connectivity index (χ3n) is 4.18. The molecule has 0 atom stereocenters. The van der Waals surface area contributed by atoms with Crippen molar-refractivity contribution in [1.82, 2.24) is 10.6 Å². The van der Waals surface area contributed by atoms with E-state index in [2.05, 4.69) is 17.2 Å². The predicted octanol–water partition coefficient (Wildman–Crippen LogP) is 2.14. The van der Waals surface area contributed by atoms with Crippen LogP contribution >= 0.6 is 0 Å². The summed E-state index contributed by atoms with van der Waals surface area (Å²) in [6, 6.07) is 4.75. The molecule has 0 radical (unpaired) electrons. The van der Waals surface area contributed by atoms with E-state index in [0.29, 0.717) is 12.1 Å². The van der Waals surface area contributed by atoms with Gasteiger partial charge in [-0.25, -0.2) is 9.59 Å². The van der Waals surface area contributed by atoms with Crippen molar-refractivity contribution in [1.29, 1.82) is 0 Å². The number of carbonyl (C=O) groups excluding carboxylic acids is 2. The van der Waals surface area contributed by atoms with Crippen LogP contribution < -0.4 is 10.6 Å². The smallest absolute Gasteiger partial charge is 0.339 e. The molecule has 1 rings (SSSR count). The van der Waals surface area contributed by atoms with Gasteiger partial charge in [0.15, 0.2) is 0 Å². The van der Waals surface area contributed by atoms with Crippen LogP contribution in [-0.4, -0.2) is 56.8 Å². The van der Waals surface area contributed by atoms with E-state index in [9.17, 15) is 14.4 Å². The number of unbranched alkanes of at least 4 members (excludes halogenated alkanes) is 3. The molecule has 0 bridgehead atoms. The molecule has 0 fully saturated rings. The maximum Gasteiger partial charge on any atom is 0.339 e. The van der Waals surface area contributed by atoms with E-state index in [4.69, 9.17) is 14.6 Å². The Morgan fingerprint density at radius 2 is 1.76 bits per heavy atom. The molecule has 160 valence electrons. The molecule has 0 aliphatic carbocycles. The van der Waals surface area contributed by atoms with Crippen molar-refractivity contribution >= 4 is 17.8 Å². The first-order valence-electron chi connectivity index (χ1n) is 9.53. The van der Waals surface area contributed by atoms with Gasteiger partial charge in [-0.2, -0.15) is 0 Å². The third-order valence-corrected chi connectivity index (χ3v) is 4.18. The van der Waals surface area contributed by atoms with Gasteiger partial charge in [0.2, 0.25) is 0 Å². The quantitative estimate of drug-likeness (QED) is 0.246. The Balaban J connectivity index is 2.76. The molecule has 1 amide bonds. The second-order valence-corrected chi connectivity index (χ2v) is 6.57. The molecule has 0 spiro atoms. The first-order valence-corrected chi connectivity index (χ1v) is 9.53. The number of esters is 1. The summed E-state index contributed by atoms with van der Waals surface area (Å²) in [6.07, 6.45) is 4.01. The lowest BCUT2D eigenvalue weighted by atomic mass is 10.0. The number of benzene rings is 1. The van der Waals surface area contributed by atoms with Crippen molar-refractivity contribution in [3.63, 3.8) is 0 Å². The summed E-state index contributed by atoms with van der Waals surface area (Å²) >= 11 is 0. The molecule has 8 nitrogen and oxygen atoms in total. The zero-order valence-corrected chi connectivity index (χ0v) is 17.1. The van der Waals surface area contributed by atoms with Crippen LogP contribution in [0.15, 0.2) is 30.4 Å². The summed E-state index contributed by atoms with van der Waals surface area (Å²) in [5.74, 6) is -2.42. The Hall–Kier alpha value is -2.71. The molecule has 0 saturated heterocycles. The highest BCUT2D eigenvalue weighted by Gasteiger charge is 2.20. The van der Waals surface area contributed by atoms with E-state index in [1.54, 1.807) is 12.1 Å². The molecule has 1 aromatic rings. The largest absolute Gasteiger partial charge is 0.478 e. The molecular weight excluding hydrogens is 376 g/mol.